The van der Waals surface area contributed by atoms with Gasteiger partial charge in [-0.2, -0.15) is 0 Å². The minimum atomic E-state index is 0. The number of hydrogen-bond donors (Lipinski definition) is 3. The summed E-state index contributed by atoms with van der Waals surface area (Å²) >= 11 is 0. The van der Waals surface area contributed by atoms with Crippen molar-refractivity contribution in [2.75, 3.05) is 54.8 Å². The first-order valence-electron chi connectivity index (χ1n) is 12.6. The Labute approximate surface area is 230 Å². The number of halogens is 2. The van der Waals surface area contributed by atoms with E-state index in [0.29, 0.717) is 29.2 Å². The van der Waals surface area contributed by atoms with Crippen LogP contribution in [0.5, 0.6) is 5.75 Å². The minimum absolute atomic E-state index is 0. The van der Waals surface area contributed by atoms with Gasteiger partial charge < -0.3 is 26.0 Å². The maximum Gasteiger partial charge on any atom is 0.169 e. The molecule has 0 aliphatic carbocycles. The fourth-order valence-electron chi connectivity index (χ4n) is 5.93. The molecule has 6 rings (SSSR count). The number of nitrogen functional groups attached to an aromatic ring is 1. The molecule has 0 saturated carbocycles. The Morgan fingerprint density at radius 2 is 1.65 bits per heavy atom. The highest BCUT2D eigenvalue weighted by atomic mass is 35.5. The van der Waals surface area contributed by atoms with Crippen molar-refractivity contribution in [1.29, 1.82) is 0 Å². The molecule has 3 saturated heterocycles. The van der Waals surface area contributed by atoms with Gasteiger partial charge >= 0.3 is 0 Å². The number of nitrogens with two attached hydrogens (primary N) is 1. The van der Waals surface area contributed by atoms with Crippen LogP contribution in [0.4, 0.5) is 17.2 Å². The van der Waals surface area contributed by atoms with Gasteiger partial charge in [-0.15, -0.1) is 35.0 Å². The highest BCUT2D eigenvalue weighted by Gasteiger charge is 2.40. The molecule has 3 aromatic rings. The molecule has 2 bridgehead atoms. The van der Waals surface area contributed by atoms with E-state index in [-0.39, 0.29) is 30.6 Å². The van der Waals surface area contributed by atoms with Crippen LogP contribution in [0.2, 0.25) is 0 Å². The topological polar surface area (TPSA) is 93.8 Å². The van der Waals surface area contributed by atoms with Crippen LogP contribution >= 0.6 is 24.8 Å². The summed E-state index contributed by atoms with van der Waals surface area (Å²) in [5, 5.41) is 22.2. The van der Waals surface area contributed by atoms with E-state index in [1.165, 1.54) is 24.1 Å². The Balaban J connectivity index is 0.00000160. The van der Waals surface area contributed by atoms with Crippen molar-refractivity contribution in [3.63, 3.8) is 0 Å². The number of hydrogen-bond acceptors (Lipinski definition) is 8. The van der Waals surface area contributed by atoms with E-state index in [9.17, 15) is 5.11 Å². The number of aromatic nitrogens is 2. The molecule has 8 nitrogen and oxygen atoms in total. The average molecular weight is 545 g/mol. The molecular formula is C27H35Cl2N7O. The average Bonchev–Trinajstić information content (AvgIpc) is 3.15. The lowest BCUT2D eigenvalue weighted by atomic mass is 10.1. The van der Waals surface area contributed by atoms with Crippen molar-refractivity contribution in [3.8, 4) is 17.0 Å². The van der Waals surface area contributed by atoms with E-state index in [1.54, 1.807) is 12.1 Å². The summed E-state index contributed by atoms with van der Waals surface area (Å²) in [5.41, 5.74) is 11.2. The van der Waals surface area contributed by atoms with Crippen molar-refractivity contribution in [3.05, 3.63) is 60.2 Å². The van der Waals surface area contributed by atoms with Crippen LogP contribution in [-0.2, 0) is 6.54 Å². The SMILES string of the molecule is Cl.Cl.Nc1nnc(-c2ccccc2O)cc1N1CC2CCC(C1)N2c1cccc(CN2CCNCC2)c1. The molecule has 1 aromatic heterocycles. The number of nitrogens with one attached hydrogen (secondary N) is 1. The fourth-order valence-corrected chi connectivity index (χ4v) is 5.93. The lowest BCUT2D eigenvalue weighted by Gasteiger charge is -2.43. The van der Waals surface area contributed by atoms with Crippen molar-refractivity contribution in [2.45, 2.75) is 31.5 Å². The standard InChI is InChI=1S/C27H33N7O.2ClH/c28-27-25(15-24(30-31-27)23-6-1-2-7-26(23)35)33-17-21-8-9-22(18-33)34(21)20-5-3-4-19(14-20)16-32-12-10-29-11-13-32;;/h1-7,14-15,21-22,29,35H,8-13,16-18H2,(H2,28,31);2*1H. The van der Waals surface area contributed by atoms with Gasteiger partial charge in [0.2, 0.25) is 0 Å². The van der Waals surface area contributed by atoms with Crippen LogP contribution in [0.25, 0.3) is 11.3 Å². The molecule has 2 aromatic carbocycles. The van der Waals surface area contributed by atoms with E-state index in [4.69, 9.17) is 5.73 Å². The Morgan fingerprint density at radius 3 is 2.38 bits per heavy atom. The van der Waals surface area contributed by atoms with Crippen LogP contribution < -0.4 is 20.9 Å². The molecule has 0 spiro atoms. The molecule has 4 N–H and O–H groups in total. The molecule has 3 aliphatic heterocycles. The molecule has 37 heavy (non-hydrogen) atoms. The van der Waals surface area contributed by atoms with Gasteiger partial charge in [-0.1, -0.05) is 24.3 Å². The van der Waals surface area contributed by atoms with Gasteiger partial charge in [0, 0.05) is 69.1 Å². The number of benzene rings is 2. The number of phenols is 1. The van der Waals surface area contributed by atoms with Crippen LogP contribution in [0.15, 0.2) is 54.6 Å². The molecule has 10 heteroatoms. The van der Waals surface area contributed by atoms with Gasteiger partial charge in [0.1, 0.15) is 5.75 Å². The quantitative estimate of drug-likeness (QED) is 0.449. The van der Waals surface area contributed by atoms with Gasteiger partial charge in [-0.25, -0.2) is 0 Å². The van der Waals surface area contributed by atoms with E-state index < -0.39 is 0 Å². The van der Waals surface area contributed by atoms with E-state index in [1.807, 2.05) is 18.2 Å². The first kappa shape index (κ1) is 27.3. The number of piperazine rings is 2. The highest BCUT2D eigenvalue weighted by molar-refractivity contribution is 5.85. The second-order valence-electron chi connectivity index (χ2n) is 9.91. The number of aromatic hydroxyl groups is 1. The van der Waals surface area contributed by atoms with Crippen LogP contribution in [0.3, 0.4) is 0 Å². The van der Waals surface area contributed by atoms with Gasteiger partial charge in [0.05, 0.1) is 11.4 Å². The molecule has 0 radical (unpaired) electrons. The predicted molar refractivity (Wildman–Crippen MR) is 154 cm³/mol. The second-order valence-corrected chi connectivity index (χ2v) is 9.91. The number of phenolic OH excluding ortho intramolecular Hbond substituents is 1. The monoisotopic (exact) mass is 543 g/mol. The third-order valence-electron chi connectivity index (χ3n) is 7.63. The third kappa shape index (κ3) is 5.57. The number of para-hydroxylation sites is 1. The van der Waals surface area contributed by atoms with E-state index in [2.05, 4.69) is 54.5 Å². The minimum Gasteiger partial charge on any atom is -0.507 e. The maximum atomic E-state index is 10.3. The molecule has 0 amide bonds. The molecule has 3 fully saturated rings. The maximum absolute atomic E-state index is 10.3. The summed E-state index contributed by atoms with van der Waals surface area (Å²) in [4.78, 5) is 7.52. The molecule has 4 heterocycles. The summed E-state index contributed by atoms with van der Waals surface area (Å²) in [6, 6.07) is 19.2. The van der Waals surface area contributed by atoms with E-state index in [0.717, 1.165) is 51.5 Å². The first-order valence-corrected chi connectivity index (χ1v) is 12.6. The Bertz CT molecular complexity index is 1190. The molecule has 198 valence electrons. The fraction of sp³-hybridized carbons (Fsp3) is 0.407. The lowest BCUT2D eigenvalue weighted by molar-refractivity contribution is 0.233. The predicted octanol–water partition coefficient (Wildman–Crippen LogP) is 3.54. The van der Waals surface area contributed by atoms with Crippen LogP contribution in [0.1, 0.15) is 18.4 Å². The summed E-state index contributed by atoms with van der Waals surface area (Å²) in [6.07, 6.45) is 2.35. The summed E-state index contributed by atoms with van der Waals surface area (Å²) < 4.78 is 0. The van der Waals surface area contributed by atoms with Crippen molar-refractivity contribution < 1.29 is 5.11 Å². The summed E-state index contributed by atoms with van der Waals surface area (Å²) in [7, 11) is 0. The van der Waals surface area contributed by atoms with E-state index >= 15 is 0 Å². The normalized spacial score (nSPS) is 21.3. The van der Waals surface area contributed by atoms with Gasteiger partial charge in [0.15, 0.2) is 5.82 Å². The van der Waals surface area contributed by atoms with Crippen molar-refractivity contribution >= 4 is 42.0 Å². The lowest BCUT2D eigenvalue weighted by Crippen LogP contribution is -2.54. The smallest absolute Gasteiger partial charge is 0.169 e. The molecule has 2 unspecified atom stereocenters. The number of rotatable bonds is 5. The van der Waals surface area contributed by atoms with Gasteiger partial charge in [0.25, 0.3) is 0 Å². The van der Waals surface area contributed by atoms with Gasteiger partial charge in [-0.05, 0) is 48.7 Å². The second kappa shape index (κ2) is 11.7. The Morgan fingerprint density at radius 1 is 0.919 bits per heavy atom. The summed E-state index contributed by atoms with van der Waals surface area (Å²) in [5.74, 6) is 0.637. The summed E-state index contributed by atoms with van der Waals surface area (Å²) in [6.45, 7) is 7.17. The van der Waals surface area contributed by atoms with Crippen molar-refractivity contribution in [1.82, 2.24) is 20.4 Å². The Kier molecular flexibility index (Phi) is 8.64. The largest absolute Gasteiger partial charge is 0.507 e. The molecular weight excluding hydrogens is 509 g/mol. The van der Waals surface area contributed by atoms with Crippen molar-refractivity contribution in [2.24, 2.45) is 0 Å². The molecule has 2 atom stereocenters. The first-order chi connectivity index (χ1) is 17.2. The van der Waals surface area contributed by atoms with Crippen LogP contribution in [-0.4, -0.2) is 71.6 Å². The van der Waals surface area contributed by atoms with Gasteiger partial charge in [-0.3, -0.25) is 4.90 Å². The number of nitrogens with zero attached hydrogens (tertiary/aromatic N) is 5. The highest BCUT2D eigenvalue weighted by Crippen LogP contribution is 2.39. The third-order valence-corrected chi connectivity index (χ3v) is 7.63. The number of anilines is 3. The number of fused-ring (bicyclic) bond motifs is 2. The zero-order chi connectivity index (χ0) is 23.8. The zero-order valence-electron chi connectivity index (χ0n) is 20.8. The Hall–Kier alpha value is -2.78. The van der Waals surface area contributed by atoms with Crippen LogP contribution in [0, 0.1) is 0 Å². The molecule has 3 aliphatic rings. The zero-order valence-corrected chi connectivity index (χ0v) is 22.4.